The Bertz CT molecular complexity index is 698. The number of hydrogen-bond acceptors (Lipinski definition) is 5. The number of aromatic nitrogens is 5. The monoisotopic (exact) mass is 343 g/mol. The molecule has 2 aromatic rings. The van der Waals surface area contributed by atoms with E-state index in [2.05, 4.69) is 54.8 Å². The summed E-state index contributed by atoms with van der Waals surface area (Å²) in [6, 6.07) is 2.14. The first-order chi connectivity index (χ1) is 12.2. The van der Waals surface area contributed by atoms with Crippen molar-refractivity contribution in [2.45, 2.75) is 51.6 Å². The maximum Gasteiger partial charge on any atom is 0.146 e. The van der Waals surface area contributed by atoms with Crippen LogP contribution in [0.25, 0.3) is 0 Å². The molecule has 0 unspecified atom stereocenters. The van der Waals surface area contributed by atoms with Crippen LogP contribution in [0, 0.1) is 6.92 Å². The summed E-state index contributed by atoms with van der Waals surface area (Å²) in [6.45, 7) is 8.48. The molecule has 4 heterocycles. The molecule has 2 fully saturated rings. The molecule has 1 N–H and O–H groups in total. The van der Waals surface area contributed by atoms with Crippen LogP contribution in [0.1, 0.15) is 54.6 Å². The third-order valence-corrected chi connectivity index (χ3v) is 5.58. The molecule has 25 heavy (non-hydrogen) atoms. The van der Waals surface area contributed by atoms with Crippen LogP contribution in [0.5, 0.6) is 0 Å². The van der Waals surface area contributed by atoms with Gasteiger partial charge in [0.05, 0.1) is 12.2 Å². The summed E-state index contributed by atoms with van der Waals surface area (Å²) in [5.74, 6) is 2.73. The van der Waals surface area contributed by atoms with Crippen LogP contribution >= 0.6 is 0 Å². The molecule has 0 aromatic carbocycles. The van der Waals surface area contributed by atoms with E-state index in [4.69, 9.17) is 0 Å². The molecule has 0 aliphatic carbocycles. The Morgan fingerprint density at radius 3 is 2.64 bits per heavy atom. The second-order valence-electron chi connectivity index (χ2n) is 7.63. The van der Waals surface area contributed by atoms with E-state index in [9.17, 15) is 0 Å². The molecule has 0 spiro atoms. The molecule has 7 heteroatoms. The van der Waals surface area contributed by atoms with Gasteiger partial charge in [-0.3, -0.25) is 14.9 Å². The van der Waals surface area contributed by atoms with Crippen LogP contribution in [0.15, 0.2) is 6.07 Å². The zero-order chi connectivity index (χ0) is 17.2. The number of aryl methyl sites for hydroxylation is 1. The molecular weight excluding hydrogens is 314 g/mol. The van der Waals surface area contributed by atoms with Crippen molar-refractivity contribution in [1.29, 1.82) is 0 Å². The lowest BCUT2D eigenvalue weighted by atomic mass is 9.97. The van der Waals surface area contributed by atoms with Gasteiger partial charge in [-0.05, 0) is 58.3 Å². The fourth-order valence-electron chi connectivity index (χ4n) is 4.20. The molecule has 0 saturated carbocycles. The van der Waals surface area contributed by atoms with Crippen molar-refractivity contribution in [3.8, 4) is 0 Å². The SMILES string of the molecule is Cc1cc(CN2CCC[C@H](c3nnc(CN4CCCC4)n3C)C2)n[nH]1. The normalized spacial score (nSPS) is 22.7. The highest BCUT2D eigenvalue weighted by molar-refractivity contribution is 5.08. The van der Waals surface area contributed by atoms with Gasteiger partial charge in [0.2, 0.25) is 0 Å². The van der Waals surface area contributed by atoms with E-state index < -0.39 is 0 Å². The molecule has 7 nitrogen and oxygen atoms in total. The number of aromatic amines is 1. The molecule has 2 aromatic heterocycles. The smallest absolute Gasteiger partial charge is 0.146 e. The fourth-order valence-corrected chi connectivity index (χ4v) is 4.20. The summed E-state index contributed by atoms with van der Waals surface area (Å²) in [5, 5.41) is 16.5. The maximum absolute atomic E-state index is 4.56. The van der Waals surface area contributed by atoms with Gasteiger partial charge in [-0.2, -0.15) is 5.10 Å². The molecule has 0 amide bonds. The van der Waals surface area contributed by atoms with Crippen molar-refractivity contribution in [2.24, 2.45) is 7.05 Å². The van der Waals surface area contributed by atoms with E-state index in [1.54, 1.807) is 0 Å². The second-order valence-corrected chi connectivity index (χ2v) is 7.63. The first-order valence-corrected chi connectivity index (χ1v) is 9.53. The number of nitrogens with zero attached hydrogens (tertiary/aromatic N) is 6. The Morgan fingerprint density at radius 1 is 1.08 bits per heavy atom. The zero-order valence-electron chi connectivity index (χ0n) is 15.4. The molecule has 1 atom stereocenters. The Balaban J connectivity index is 1.41. The maximum atomic E-state index is 4.56. The Hall–Kier alpha value is -1.73. The van der Waals surface area contributed by atoms with Gasteiger partial charge >= 0.3 is 0 Å². The largest absolute Gasteiger partial charge is 0.317 e. The van der Waals surface area contributed by atoms with E-state index in [-0.39, 0.29) is 0 Å². The number of H-pyrrole nitrogens is 1. The summed E-state index contributed by atoms with van der Waals surface area (Å²) < 4.78 is 2.24. The van der Waals surface area contributed by atoms with E-state index in [1.807, 2.05) is 0 Å². The van der Waals surface area contributed by atoms with Gasteiger partial charge in [-0.1, -0.05) is 0 Å². The number of likely N-dealkylation sites (tertiary alicyclic amines) is 2. The van der Waals surface area contributed by atoms with Gasteiger partial charge in [0.25, 0.3) is 0 Å². The van der Waals surface area contributed by atoms with Crippen molar-refractivity contribution in [1.82, 2.24) is 34.8 Å². The average molecular weight is 343 g/mol. The molecule has 2 aliphatic heterocycles. The van der Waals surface area contributed by atoms with Crippen LogP contribution in [0.2, 0.25) is 0 Å². The summed E-state index contributed by atoms with van der Waals surface area (Å²) in [7, 11) is 2.14. The first kappa shape index (κ1) is 16.7. The third kappa shape index (κ3) is 3.77. The topological polar surface area (TPSA) is 65.9 Å². The van der Waals surface area contributed by atoms with Gasteiger partial charge in [0, 0.05) is 31.7 Å². The summed E-state index contributed by atoms with van der Waals surface area (Å²) in [4.78, 5) is 4.99. The summed E-state index contributed by atoms with van der Waals surface area (Å²) in [5.41, 5.74) is 2.26. The second kappa shape index (κ2) is 7.25. The molecule has 2 saturated heterocycles. The van der Waals surface area contributed by atoms with E-state index in [0.717, 1.165) is 49.2 Å². The minimum atomic E-state index is 0.471. The lowest BCUT2D eigenvalue weighted by molar-refractivity contribution is 0.193. The highest BCUT2D eigenvalue weighted by Crippen LogP contribution is 2.27. The molecule has 2 aliphatic rings. The molecule has 4 rings (SSSR count). The quantitative estimate of drug-likeness (QED) is 0.897. The Kier molecular flexibility index (Phi) is 4.85. The predicted octanol–water partition coefficient (Wildman–Crippen LogP) is 1.82. The Labute approximate surface area is 149 Å². The number of hydrogen-bond donors (Lipinski definition) is 1. The lowest BCUT2D eigenvalue weighted by Crippen LogP contribution is -2.35. The molecule has 0 bridgehead atoms. The van der Waals surface area contributed by atoms with Gasteiger partial charge < -0.3 is 4.57 Å². The number of piperidine rings is 1. The minimum absolute atomic E-state index is 0.471. The van der Waals surface area contributed by atoms with Crippen molar-refractivity contribution >= 4 is 0 Å². The van der Waals surface area contributed by atoms with Gasteiger partial charge in [0.15, 0.2) is 0 Å². The fraction of sp³-hybridized carbons (Fsp3) is 0.722. The summed E-state index contributed by atoms with van der Waals surface area (Å²) >= 11 is 0. The van der Waals surface area contributed by atoms with Crippen LogP contribution in [-0.2, 0) is 20.1 Å². The van der Waals surface area contributed by atoms with E-state index >= 15 is 0 Å². The van der Waals surface area contributed by atoms with Crippen molar-refractivity contribution in [3.63, 3.8) is 0 Å². The third-order valence-electron chi connectivity index (χ3n) is 5.58. The average Bonchev–Trinajstić information content (AvgIpc) is 3.33. The van der Waals surface area contributed by atoms with Gasteiger partial charge in [-0.25, -0.2) is 0 Å². The van der Waals surface area contributed by atoms with Crippen molar-refractivity contribution in [2.75, 3.05) is 26.2 Å². The highest BCUT2D eigenvalue weighted by atomic mass is 15.3. The lowest BCUT2D eigenvalue weighted by Gasteiger charge is -2.31. The van der Waals surface area contributed by atoms with Crippen LogP contribution in [0.3, 0.4) is 0 Å². The number of rotatable bonds is 5. The first-order valence-electron chi connectivity index (χ1n) is 9.53. The molecule has 136 valence electrons. The van der Waals surface area contributed by atoms with Crippen LogP contribution < -0.4 is 0 Å². The Morgan fingerprint density at radius 2 is 1.88 bits per heavy atom. The minimum Gasteiger partial charge on any atom is -0.317 e. The van der Waals surface area contributed by atoms with Gasteiger partial charge in [-0.15, -0.1) is 10.2 Å². The number of nitrogens with one attached hydrogen (secondary N) is 1. The van der Waals surface area contributed by atoms with Crippen molar-refractivity contribution < 1.29 is 0 Å². The van der Waals surface area contributed by atoms with E-state index in [1.165, 1.54) is 38.8 Å². The standard InChI is InChI=1S/C18H29N7/c1-14-10-16(20-19-14)12-25-9-5-6-15(11-25)18-22-21-17(23(18)2)13-24-7-3-4-8-24/h10,15H,3-9,11-13H2,1-2H3,(H,19,20)/t15-/m0/s1. The molecule has 0 radical (unpaired) electrons. The summed E-state index contributed by atoms with van der Waals surface area (Å²) in [6.07, 6.45) is 5.04. The molecular formula is C18H29N7. The van der Waals surface area contributed by atoms with Crippen molar-refractivity contribution in [3.05, 3.63) is 29.1 Å². The highest BCUT2D eigenvalue weighted by Gasteiger charge is 2.27. The van der Waals surface area contributed by atoms with Gasteiger partial charge in [0.1, 0.15) is 11.6 Å². The predicted molar refractivity (Wildman–Crippen MR) is 96.1 cm³/mol. The van der Waals surface area contributed by atoms with Crippen LogP contribution in [-0.4, -0.2) is 60.9 Å². The van der Waals surface area contributed by atoms with E-state index in [0.29, 0.717) is 5.92 Å². The zero-order valence-corrected chi connectivity index (χ0v) is 15.4. The van der Waals surface area contributed by atoms with Crippen LogP contribution in [0.4, 0.5) is 0 Å².